The summed E-state index contributed by atoms with van der Waals surface area (Å²) >= 11 is 0. The lowest BCUT2D eigenvalue weighted by Gasteiger charge is -2.35. The maximum atomic E-state index is 12.1. The molecule has 3 heterocycles. The molecule has 2 bridgehead atoms. The van der Waals surface area contributed by atoms with E-state index in [1.54, 1.807) is 0 Å². The van der Waals surface area contributed by atoms with Crippen molar-refractivity contribution in [1.29, 1.82) is 0 Å². The van der Waals surface area contributed by atoms with E-state index < -0.39 is 23.6 Å². The van der Waals surface area contributed by atoms with Crippen LogP contribution in [0.5, 0.6) is 0 Å². The predicted octanol–water partition coefficient (Wildman–Crippen LogP) is 1.22. The van der Waals surface area contributed by atoms with Gasteiger partial charge in [-0.15, -0.1) is 0 Å². The normalized spacial score (nSPS) is 42.4. The Kier molecular flexibility index (Phi) is 3.14. The first-order chi connectivity index (χ1) is 9.17. The lowest BCUT2D eigenvalue weighted by molar-refractivity contribution is -0.212. The number of hydrogen-bond donors (Lipinski definition) is 0. The summed E-state index contributed by atoms with van der Waals surface area (Å²) in [5.41, 5.74) is -0.569. The second-order valence-electron chi connectivity index (χ2n) is 7.06. The van der Waals surface area contributed by atoms with Gasteiger partial charge in [-0.3, -0.25) is 4.79 Å². The van der Waals surface area contributed by atoms with E-state index in [4.69, 9.17) is 23.7 Å². The van der Waals surface area contributed by atoms with Crippen molar-refractivity contribution in [3.05, 3.63) is 0 Å². The summed E-state index contributed by atoms with van der Waals surface area (Å²) in [5.74, 6) is -0.998. The van der Waals surface area contributed by atoms with E-state index in [-0.39, 0.29) is 24.3 Å². The van der Waals surface area contributed by atoms with Crippen LogP contribution in [-0.2, 0) is 28.5 Å². The maximum absolute atomic E-state index is 12.1. The molecule has 3 aliphatic heterocycles. The number of rotatable bonds is 1. The third-order valence-electron chi connectivity index (χ3n) is 3.71. The monoisotopic (exact) mass is 286 g/mol. The molecule has 0 aromatic carbocycles. The summed E-state index contributed by atoms with van der Waals surface area (Å²) in [6.07, 6.45) is -1.92. The molecule has 3 saturated heterocycles. The van der Waals surface area contributed by atoms with Crippen LogP contribution in [-0.4, -0.2) is 49.1 Å². The molecular formula is C14H22O6. The van der Waals surface area contributed by atoms with Gasteiger partial charge in [0.05, 0.1) is 12.0 Å². The van der Waals surface area contributed by atoms with Crippen LogP contribution in [0, 0.1) is 5.41 Å². The van der Waals surface area contributed by atoms with Gasteiger partial charge in [0.1, 0.15) is 18.3 Å². The van der Waals surface area contributed by atoms with Crippen molar-refractivity contribution < 1.29 is 28.5 Å². The molecule has 0 aliphatic carbocycles. The zero-order valence-electron chi connectivity index (χ0n) is 12.5. The van der Waals surface area contributed by atoms with Gasteiger partial charge in [-0.05, 0) is 34.6 Å². The lowest BCUT2D eigenvalue weighted by Crippen LogP contribution is -2.54. The molecule has 20 heavy (non-hydrogen) atoms. The minimum atomic E-state index is -0.723. The summed E-state index contributed by atoms with van der Waals surface area (Å²) < 4.78 is 28.7. The van der Waals surface area contributed by atoms with Crippen LogP contribution in [0.15, 0.2) is 0 Å². The van der Waals surface area contributed by atoms with Crippen molar-refractivity contribution in [3.8, 4) is 0 Å². The molecule has 0 radical (unpaired) electrons. The van der Waals surface area contributed by atoms with Crippen molar-refractivity contribution in [2.75, 3.05) is 6.61 Å². The van der Waals surface area contributed by atoms with Gasteiger partial charge in [0.15, 0.2) is 18.2 Å². The van der Waals surface area contributed by atoms with E-state index in [2.05, 4.69) is 0 Å². The van der Waals surface area contributed by atoms with Crippen molar-refractivity contribution in [3.63, 3.8) is 0 Å². The highest BCUT2D eigenvalue weighted by Gasteiger charge is 2.60. The topological polar surface area (TPSA) is 63.2 Å². The molecule has 0 amide bonds. The van der Waals surface area contributed by atoms with Crippen molar-refractivity contribution >= 4 is 5.97 Å². The van der Waals surface area contributed by atoms with Gasteiger partial charge in [-0.2, -0.15) is 0 Å². The Morgan fingerprint density at radius 3 is 2.50 bits per heavy atom. The molecule has 0 saturated carbocycles. The molecule has 0 N–H and O–H groups in total. The molecule has 3 aliphatic rings. The standard InChI is InChI=1S/C14H22O6/c1-13(2,3)12(15)18-8-7-6-16-11(17-7)10-9(8)19-14(4,5)20-10/h7-11H,6H2,1-5H3/t7-,8-,9+,10+,11-/m1/s1. The number of esters is 1. The van der Waals surface area contributed by atoms with Crippen molar-refractivity contribution in [2.24, 2.45) is 5.41 Å². The first-order valence-corrected chi connectivity index (χ1v) is 7.01. The van der Waals surface area contributed by atoms with Gasteiger partial charge in [0, 0.05) is 0 Å². The number of hydrogen-bond acceptors (Lipinski definition) is 6. The zero-order chi connectivity index (χ0) is 14.7. The Hall–Kier alpha value is -0.690. The quantitative estimate of drug-likeness (QED) is 0.675. The summed E-state index contributed by atoms with van der Waals surface area (Å²) in [5, 5.41) is 0. The Morgan fingerprint density at radius 1 is 1.20 bits per heavy atom. The highest BCUT2D eigenvalue weighted by Crippen LogP contribution is 2.42. The van der Waals surface area contributed by atoms with Crippen LogP contribution in [0.2, 0.25) is 0 Å². The second-order valence-corrected chi connectivity index (χ2v) is 7.06. The number of carbonyl (C=O) groups excluding carboxylic acids is 1. The number of fused-ring (bicyclic) bond motifs is 4. The van der Waals surface area contributed by atoms with E-state index >= 15 is 0 Å². The first-order valence-electron chi connectivity index (χ1n) is 7.01. The van der Waals surface area contributed by atoms with E-state index in [0.29, 0.717) is 6.61 Å². The van der Waals surface area contributed by atoms with Crippen LogP contribution in [0.25, 0.3) is 0 Å². The van der Waals surface area contributed by atoms with Gasteiger partial charge in [0.2, 0.25) is 0 Å². The Balaban J connectivity index is 1.80. The largest absolute Gasteiger partial charge is 0.456 e. The minimum absolute atomic E-state index is 0.275. The molecule has 5 atom stereocenters. The highest BCUT2D eigenvalue weighted by molar-refractivity contribution is 5.75. The molecule has 0 aromatic heterocycles. The van der Waals surface area contributed by atoms with Gasteiger partial charge < -0.3 is 23.7 Å². The first kappa shape index (κ1) is 14.3. The van der Waals surface area contributed by atoms with Crippen LogP contribution in [0.3, 0.4) is 0 Å². The Morgan fingerprint density at radius 2 is 1.85 bits per heavy atom. The molecule has 0 aromatic rings. The number of ether oxygens (including phenoxy) is 5. The van der Waals surface area contributed by atoms with Crippen molar-refractivity contribution in [1.82, 2.24) is 0 Å². The fourth-order valence-electron chi connectivity index (χ4n) is 2.72. The molecule has 114 valence electrons. The third-order valence-corrected chi connectivity index (χ3v) is 3.71. The summed E-state index contributed by atoms with van der Waals surface area (Å²) in [6, 6.07) is 0. The summed E-state index contributed by atoms with van der Waals surface area (Å²) in [4.78, 5) is 12.1. The average Bonchev–Trinajstić information content (AvgIpc) is 2.85. The molecule has 6 heteroatoms. The van der Waals surface area contributed by atoms with E-state index in [0.717, 1.165) is 0 Å². The van der Waals surface area contributed by atoms with E-state index in [1.165, 1.54) is 0 Å². The zero-order valence-corrected chi connectivity index (χ0v) is 12.5. The molecule has 0 unspecified atom stereocenters. The minimum Gasteiger partial charge on any atom is -0.456 e. The third kappa shape index (κ3) is 2.35. The van der Waals surface area contributed by atoms with Crippen LogP contribution in [0.4, 0.5) is 0 Å². The summed E-state index contributed by atoms with van der Waals surface area (Å²) in [6.45, 7) is 9.53. The molecule has 3 rings (SSSR count). The number of carbonyl (C=O) groups is 1. The average molecular weight is 286 g/mol. The Labute approximate surface area is 118 Å². The van der Waals surface area contributed by atoms with Crippen LogP contribution >= 0.6 is 0 Å². The van der Waals surface area contributed by atoms with Crippen LogP contribution in [0.1, 0.15) is 34.6 Å². The SMILES string of the molecule is CC1(C)O[C@@H]2[C@H](O1)[C@@H]1OC[C@@H](O1)[C@H]2OC(=O)C(C)(C)C. The van der Waals surface area contributed by atoms with Gasteiger partial charge in [-0.1, -0.05) is 0 Å². The van der Waals surface area contributed by atoms with Crippen LogP contribution < -0.4 is 0 Å². The smallest absolute Gasteiger partial charge is 0.311 e. The van der Waals surface area contributed by atoms with Gasteiger partial charge in [0.25, 0.3) is 0 Å². The fraction of sp³-hybridized carbons (Fsp3) is 0.929. The molecular weight excluding hydrogens is 264 g/mol. The van der Waals surface area contributed by atoms with Gasteiger partial charge >= 0.3 is 5.97 Å². The maximum Gasteiger partial charge on any atom is 0.311 e. The summed E-state index contributed by atoms with van der Waals surface area (Å²) in [7, 11) is 0. The molecule has 6 nitrogen and oxygen atoms in total. The second kappa shape index (κ2) is 4.40. The van der Waals surface area contributed by atoms with E-state index in [1.807, 2.05) is 34.6 Å². The molecule has 0 spiro atoms. The fourth-order valence-corrected chi connectivity index (χ4v) is 2.72. The lowest BCUT2D eigenvalue weighted by atomic mass is 9.96. The highest BCUT2D eigenvalue weighted by atomic mass is 16.8. The molecule has 3 fully saturated rings. The van der Waals surface area contributed by atoms with E-state index in [9.17, 15) is 4.79 Å². The predicted molar refractivity (Wildman–Crippen MR) is 67.8 cm³/mol. The van der Waals surface area contributed by atoms with Gasteiger partial charge in [-0.25, -0.2) is 0 Å². The van der Waals surface area contributed by atoms with Crippen molar-refractivity contribution in [2.45, 2.75) is 71.1 Å². The Bertz CT molecular complexity index is 412.